The van der Waals surface area contributed by atoms with Gasteiger partial charge in [-0.05, 0) is 43.0 Å². The number of hydrogen-bond donors (Lipinski definition) is 1. The summed E-state index contributed by atoms with van der Waals surface area (Å²) in [5, 5.41) is 3.24. The molecule has 0 fully saturated rings. The number of benzene rings is 1. The van der Waals surface area contributed by atoms with Crippen LogP contribution in [0.4, 0.5) is 0 Å². The molecule has 3 heteroatoms. The SMILES string of the molecule is CNCC1CCc2c(OC)cc(OC)cc21. The number of fused-ring (bicyclic) bond motifs is 1. The Bertz CT molecular complexity index is 376. The van der Waals surface area contributed by atoms with Crippen molar-refractivity contribution in [1.82, 2.24) is 5.32 Å². The summed E-state index contributed by atoms with van der Waals surface area (Å²) in [4.78, 5) is 0. The first-order valence-corrected chi connectivity index (χ1v) is 5.69. The highest BCUT2D eigenvalue weighted by atomic mass is 16.5. The number of likely N-dealkylation sites (N-methyl/N-ethyl adjacent to an activating group) is 1. The summed E-state index contributed by atoms with van der Waals surface area (Å²) in [6, 6.07) is 4.12. The van der Waals surface area contributed by atoms with Crippen LogP contribution >= 0.6 is 0 Å². The first-order valence-electron chi connectivity index (χ1n) is 5.69. The molecular formula is C13H19NO2. The molecule has 1 aliphatic rings. The molecular weight excluding hydrogens is 202 g/mol. The molecule has 3 nitrogen and oxygen atoms in total. The van der Waals surface area contributed by atoms with Crippen LogP contribution in [0.15, 0.2) is 12.1 Å². The maximum Gasteiger partial charge on any atom is 0.126 e. The van der Waals surface area contributed by atoms with E-state index < -0.39 is 0 Å². The molecule has 0 spiro atoms. The topological polar surface area (TPSA) is 30.5 Å². The van der Waals surface area contributed by atoms with E-state index in [4.69, 9.17) is 9.47 Å². The molecule has 0 heterocycles. The fraction of sp³-hybridized carbons (Fsp3) is 0.538. The van der Waals surface area contributed by atoms with Crippen molar-refractivity contribution in [3.8, 4) is 11.5 Å². The van der Waals surface area contributed by atoms with Crippen LogP contribution in [0.3, 0.4) is 0 Å². The van der Waals surface area contributed by atoms with Gasteiger partial charge in [0.2, 0.25) is 0 Å². The number of nitrogens with one attached hydrogen (secondary N) is 1. The molecule has 2 rings (SSSR count). The predicted octanol–water partition coefficient (Wildman–Crippen LogP) is 1.95. The van der Waals surface area contributed by atoms with Crippen LogP contribution in [0.2, 0.25) is 0 Å². The molecule has 1 aliphatic carbocycles. The highest BCUT2D eigenvalue weighted by molar-refractivity contribution is 5.50. The maximum atomic E-state index is 5.43. The third kappa shape index (κ3) is 1.87. The van der Waals surface area contributed by atoms with Crippen molar-refractivity contribution in [3.05, 3.63) is 23.3 Å². The van der Waals surface area contributed by atoms with Crippen molar-refractivity contribution >= 4 is 0 Å². The lowest BCUT2D eigenvalue weighted by atomic mass is 10.0. The van der Waals surface area contributed by atoms with Crippen LogP contribution in [0.1, 0.15) is 23.5 Å². The highest BCUT2D eigenvalue weighted by Crippen LogP contribution is 2.40. The Morgan fingerprint density at radius 2 is 2.12 bits per heavy atom. The largest absolute Gasteiger partial charge is 0.497 e. The number of hydrogen-bond acceptors (Lipinski definition) is 3. The van der Waals surface area contributed by atoms with Crippen molar-refractivity contribution in [3.63, 3.8) is 0 Å². The Labute approximate surface area is 96.8 Å². The number of rotatable bonds is 4. The van der Waals surface area contributed by atoms with Gasteiger partial charge in [-0.2, -0.15) is 0 Å². The van der Waals surface area contributed by atoms with Gasteiger partial charge >= 0.3 is 0 Å². The molecule has 0 radical (unpaired) electrons. The third-order valence-electron chi connectivity index (χ3n) is 3.31. The molecule has 1 aromatic carbocycles. The lowest BCUT2D eigenvalue weighted by Crippen LogP contribution is -2.15. The molecule has 0 saturated carbocycles. The molecule has 1 aromatic rings. The van der Waals surface area contributed by atoms with Crippen LogP contribution in [-0.2, 0) is 6.42 Å². The predicted molar refractivity (Wildman–Crippen MR) is 64.5 cm³/mol. The van der Waals surface area contributed by atoms with E-state index in [1.807, 2.05) is 13.1 Å². The zero-order valence-corrected chi connectivity index (χ0v) is 10.2. The molecule has 0 aromatic heterocycles. The molecule has 0 saturated heterocycles. The van der Waals surface area contributed by atoms with Gasteiger partial charge < -0.3 is 14.8 Å². The van der Waals surface area contributed by atoms with Crippen LogP contribution in [0.25, 0.3) is 0 Å². The number of ether oxygens (including phenoxy) is 2. The zero-order chi connectivity index (χ0) is 11.5. The first kappa shape index (κ1) is 11.3. The van der Waals surface area contributed by atoms with Gasteiger partial charge in [-0.1, -0.05) is 0 Å². The minimum absolute atomic E-state index is 0.587. The molecule has 88 valence electrons. The molecule has 1 atom stereocenters. The monoisotopic (exact) mass is 221 g/mol. The molecule has 0 amide bonds. The fourth-order valence-corrected chi connectivity index (χ4v) is 2.50. The van der Waals surface area contributed by atoms with Crippen molar-refractivity contribution in [2.75, 3.05) is 27.8 Å². The Morgan fingerprint density at radius 1 is 1.31 bits per heavy atom. The molecule has 1 unspecified atom stereocenters. The lowest BCUT2D eigenvalue weighted by molar-refractivity contribution is 0.391. The second-order valence-corrected chi connectivity index (χ2v) is 4.19. The summed E-state index contributed by atoms with van der Waals surface area (Å²) in [7, 11) is 5.42. The van der Waals surface area contributed by atoms with E-state index >= 15 is 0 Å². The standard InChI is InChI=1S/C13H19NO2/c1-14-8-9-4-5-11-12(9)6-10(15-2)7-13(11)16-3/h6-7,9,14H,4-5,8H2,1-3H3. The highest BCUT2D eigenvalue weighted by Gasteiger charge is 2.25. The van der Waals surface area contributed by atoms with E-state index in [9.17, 15) is 0 Å². The molecule has 0 aliphatic heterocycles. The van der Waals surface area contributed by atoms with E-state index in [0.29, 0.717) is 5.92 Å². The van der Waals surface area contributed by atoms with Crippen LogP contribution in [0, 0.1) is 0 Å². The molecule has 0 bridgehead atoms. The zero-order valence-electron chi connectivity index (χ0n) is 10.2. The fourth-order valence-electron chi connectivity index (χ4n) is 2.50. The minimum Gasteiger partial charge on any atom is -0.497 e. The summed E-state index contributed by atoms with van der Waals surface area (Å²) in [5.74, 6) is 2.44. The van der Waals surface area contributed by atoms with Crippen molar-refractivity contribution in [2.45, 2.75) is 18.8 Å². The van der Waals surface area contributed by atoms with Crippen LogP contribution in [0.5, 0.6) is 11.5 Å². The summed E-state index contributed by atoms with van der Waals surface area (Å²) < 4.78 is 10.7. The van der Waals surface area contributed by atoms with Crippen molar-refractivity contribution in [1.29, 1.82) is 0 Å². The van der Waals surface area contributed by atoms with E-state index in [1.165, 1.54) is 17.5 Å². The maximum absolute atomic E-state index is 5.43. The lowest BCUT2D eigenvalue weighted by Gasteiger charge is -2.14. The summed E-state index contributed by atoms with van der Waals surface area (Å²) in [6.45, 7) is 1.02. The van der Waals surface area contributed by atoms with Gasteiger partial charge in [-0.15, -0.1) is 0 Å². The van der Waals surface area contributed by atoms with Crippen LogP contribution < -0.4 is 14.8 Å². The van der Waals surface area contributed by atoms with Crippen molar-refractivity contribution in [2.24, 2.45) is 0 Å². The Kier molecular flexibility index (Phi) is 3.34. The third-order valence-corrected chi connectivity index (χ3v) is 3.31. The smallest absolute Gasteiger partial charge is 0.126 e. The van der Waals surface area contributed by atoms with Crippen LogP contribution in [-0.4, -0.2) is 27.8 Å². The summed E-state index contributed by atoms with van der Waals surface area (Å²) in [6.07, 6.45) is 2.30. The minimum atomic E-state index is 0.587. The quantitative estimate of drug-likeness (QED) is 0.843. The van der Waals surface area contributed by atoms with Crippen molar-refractivity contribution < 1.29 is 9.47 Å². The Balaban J connectivity index is 2.40. The van der Waals surface area contributed by atoms with Gasteiger partial charge in [0.05, 0.1) is 14.2 Å². The normalized spacial score (nSPS) is 18.3. The molecule has 16 heavy (non-hydrogen) atoms. The summed E-state index contributed by atoms with van der Waals surface area (Å²) in [5.41, 5.74) is 2.73. The Hall–Kier alpha value is -1.22. The van der Waals surface area contributed by atoms with Gasteiger partial charge in [0.1, 0.15) is 11.5 Å². The number of methoxy groups -OCH3 is 2. The second kappa shape index (κ2) is 4.74. The Morgan fingerprint density at radius 3 is 2.75 bits per heavy atom. The van der Waals surface area contributed by atoms with Gasteiger partial charge in [-0.3, -0.25) is 0 Å². The second-order valence-electron chi connectivity index (χ2n) is 4.19. The van der Waals surface area contributed by atoms with E-state index in [1.54, 1.807) is 14.2 Å². The van der Waals surface area contributed by atoms with E-state index in [-0.39, 0.29) is 0 Å². The summed E-state index contributed by atoms with van der Waals surface area (Å²) >= 11 is 0. The average molecular weight is 221 g/mol. The average Bonchev–Trinajstić information content (AvgIpc) is 2.72. The van der Waals surface area contributed by atoms with Gasteiger partial charge in [0, 0.05) is 12.6 Å². The first-order chi connectivity index (χ1) is 7.80. The van der Waals surface area contributed by atoms with E-state index in [2.05, 4.69) is 11.4 Å². The van der Waals surface area contributed by atoms with Gasteiger partial charge in [0.15, 0.2) is 0 Å². The molecule has 1 N–H and O–H groups in total. The van der Waals surface area contributed by atoms with E-state index in [0.717, 1.165) is 24.5 Å². The van der Waals surface area contributed by atoms with Gasteiger partial charge in [0.25, 0.3) is 0 Å². The van der Waals surface area contributed by atoms with Gasteiger partial charge in [-0.25, -0.2) is 0 Å².